The summed E-state index contributed by atoms with van der Waals surface area (Å²) in [6, 6.07) is 13.0. The fourth-order valence-electron chi connectivity index (χ4n) is 1.95. The van der Waals surface area contributed by atoms with E-state index in [1.165, 1.54) is 0 Å². The lowest BCUT2D eigenvalue weighted by molar-refractivity contribution is -0.121. The molecule has 0 fully saturated rings. The third-order valence-corrected chi connectivity index (χ3v) is 3.07. The van der Waals surface area contributed by atoms with Gasteiger partial charge in [-0.25, -0.2) is 0 Å². The van der Waals surface area contributed by atoms with Crippen molar-refractivity contribution < 1.29 is 14.3 Å². The maximum absolute atomic E-state index is 11.7. The number of carbonyl (C=O) groups is 1. The molecule has 1 aromatic carbocycles. The monoisotopic (exact) mass is 273 g/mol. The summed E-state index contributed by atoms with van der Waals surface area (Å²) < 4.78 is 5.40. The van der Waals surface area contributed by atoms with Crippen LogP contribution in [0.2, 0.25) is 0 Å². The van der Waals surface area contributed by atoms with E-state index >= 15 is 0 Å². The average Bonchev–Trinajstić information content (AvgIpc) is 2.89. The van der Waals surface area contributed by atoms with E-state index in [1.807, 2.05) is 49.4 Å². The van der Waals surface area contributed by atoms with Crippen molar-refractivity contribution in [2.75, 3.05) is 6.54 Å². The molecule has 4 nitrogen and oxygen atoms in total. The van der Waals surface area contributed by atoms with Crippen LogP contribution in [0.5, 0.6) is 0 Å². The Morgan fingerprint density at radius 2 is 2.00 bits per heavy atom. The summed E-state index contributed by atoms with van der Waals surface area (Å²) in [7, 11) is 0. The lowest BCUT2D eigenvalue weighted by Gasteiger charge is -2.11. The van der Waals surface area contributed by atoms with Crippen LogP contribution in [0.3, 0.4) is 0 Å². The van der Waals surface area contributed by atoms with Gasteiger partial charge in [-0.2, -0.15) is 0 Å². The van der Waals surface area contributed by atoms with Gasteiger partial charge in [0.15, 0.2) is 0 Å². The first kappa shape index (κ1) is 14.3. The number of furan rings is 1. The molecule has 0 radical (unpaired) electrons. The van der Waals surface area contributed by atoms with Crippen LogP contribution in [-0.2, 0) is 11.2 Å². The van der Waals surface area contributed by atoms with Crippen molar-refractivity contribution in [2.24, 2.45) is 0 Å². The van der Waals surface area contributed by atoms with E-state index in [1.54, 1.807) is 0 Å². The molecule has 2 aromatic rings. The lowest BCUT2D eigenvalue weighted by Crippen LogP contribution is -2.28. The first-order valence-corrected chi connectivity index (χ1v) is 6.70. The van der Waals surface area contributed by atoms with E-state index in [0.717, 1.165) is 17.1 Å². The van der Waals surface area contributed by atoms with Gasteiger partial charge in [-0.3, -0.25) is 4.79 Å². The van der Waals surface area contributed by atoms with Crippen LogP contribution in [0, 0.1) is 6.92 Å². The van der Waals surface area contributed by atoms with Crippen LogP contribution in [0.15, 0.2) is 46.9 Å². The van der Waals surface area contributed by atoms with Gasteiger partial charge in [0.2, 0.25) is 5.91 Å². The van der Waals surface area contributed by atoms with Crippen molar-refractivity contribution in [1.82, 2.24) is 5.32 Å². The maximum atomic E-state index is 11.7. The second-order valence-corrected chi connectivity index (χ2v) is 4.74. The second-order valence-electron chi connectivity index (χ2n) is 4.74. The van der Waals surface area contributed by atoms with E-state index < -0.39 is 6.10 Å². The fraction of sp³-hybridized carbons (Fsp3) is 0.312. The Morgan fingerprint density at radius 3 is 2.65 bits per heavy atom. The molecule has 0 aliphatic heterocycles. The summed E-state index contributed by atoms with van der Waals surface area (Å²) in [5, 5.41) is 12.7. The van der Waals surface area contributed by atoms with Crippen LogP contribution in [0.1, 0.15) is 29.6 Å². The highest BCUT2D eigenvalue weighted by atomic mass is 16.3. The summed E-state index contributed by atoms with van der Waals surface area (Å²) in [6.45, 7) is 2.10. The van der Waals surface area contributed by atoms with Gasteiger partial charge in [-0.1, -0.05) is 30.3 Å². The zero-order valence-corrected chi connectivity index (χ0v) is 11.5. The minimum Gasteiger partial charge on any atom is -0.466 e. The molecular formula is C16H19NO3. The van der Waals surface area contributed by atoms with Crippen molar-refractivity contribution >= 4 is 5.91 Å². The number of aryl methyl sites for hydroxylation is 2. The molecule has 0 saturated heterocycles. The first-order valence-electron chi connectivity index (χ1n) is 6.70. The molecule has 0 bridgehead atoms. The van der Waals surface area contributed by atoms with Crippen molar-refractivity contribution in [1.29, 1.82) is 0 Å². The van der Waals surface area contributed by atoms with E-state index in [4.69, 9.17) is 4.42 Å². The van der Waals surface area contributed by atoms with Gasteiger partial charge < -0.3 is 14.8 Å². The number of amides is 1. The largest absolute Gasteiger partial charge is 0.466 e. The van der Waals surface area contributed by atoms with E-state index in [0.29, 0.717) is 12.8 Å². The van der Waals surface area contributed by atoms with Gasteiger partial charge in [0.25, 0.3) is 0 Å². The number of aliphatic hydroxyl groups is 1. The van der Waals surface area contributed by atoms with Gasteiger partial charge in [0, 0.05) is 19.4 Å². The maximum Gasteiger partial charge on any atom is 0.220 e. The number of nitrogens with one attached hydrogen (secondary N) is 1. The Balaban J connectivity index is 1.72. The van der Waals surface area contributed by atoms with Gasteiger partial charge in [0.1, 0.15) is 11.5 Å². The number of benzene rings is 1. The van der Waals surface area contributed by atoms with Crippen molar-refractivity contribution in [2.45, 2.75) is 25.9 Å². The third kappa shape index (κ3) is 4.24. The predicted octanol–water partition coefficient (Wildman–Crippen LogP) is 2.37. The predicted molar refractivity (Wildman–Crippen MR) is 76.2 cm³/mol. The van der Waals surface area contributed by atoms with E-state index in [-0.39, 0.29) is 12.5 Å². The molecule has 1 aromatic heterocycles. The van der Waals surface area contributed by atoms with Crippen LogP contribution in [0.4, 0.5) is 0 Å². The number of hydrogen-bond acceptors (Lipinski definition) is 3. The van der Waals surface area contributed by atoms with Crippen molar-refractivity contribution in [3.8, 4) is 0 Å². The molecule has 4 heteroatoms. The molecule has 1 atom stereocenters. The van der Waals surface area contributed by atoms with Gasteiger partial charge in [-0.15, -0.1) is 0 Å². The van der Waals surface area contributed by atoms with Crippen molar-refractivity contribution in [3.63, 3.8) is 0 Å². The minimum atomic E-state index is -0.675. The average molecular weight is 273 g/mol. The van der Waals surface area contributed by atoms with Gasteiger partial charge in [0.05, 0.1) is 6.10 Å². The molecule has 1 heterocycles. The molecule has 106 valence electrons. The quantitative estimate of drug-likeness (QED) is 0.849. The Kier molecular flexibility index (Phi) is 4.96. The van der Waals surface area contributed by atoms with Crippen LogP contribution in [0.25, 0.3) is 0 Å². The molecule has 0 saturated carbocycles. The summed E-state index contributed by atoms with van der Waals surface area (Å²) in [5.41, 5.74) is 0.800. The fourth-order valence-corrected chi connectivity index (χ4v) is 1.95. The number of aliphatic hydroxyl groups excluding tert-OH is 1. The van der Waals surface area contributed by atoms with E-state index in [9.17, 15) is 9.90 Å². The Bertz CT molecular complexity index is 548. The Hall–Kier alpha value is -2.07. The summed E-state index contributed by atoms with van der Waals surface area (Å²) >= 11 is 0. The highest BCUT2D eigenvalue weighted by molar-refractivity contribution is 5.76. The molecule has 1 amide bonds. The lowest BCUT2D eigenvalue weighted by atomic mass is 10.1. The highest BCUT2D eigenvalue weighted by Crippen LogP contribution is 2.11. The normalized spacial score (nSPS) is 12.1. The number of rotatable bonds is 6. The Morgan fingerprint density at radius 1 is 1.25 bits per heavy atom. The molecule has 2 N–H and O–H groups in total. The summed E-state index contributed by atoms with van der Waals surface area (Å²) in [4.78, 5) is 11.7. The third-order valence-electron chi connectivity index (χ3n) is 3.07. The minimum absolute atomic E-state index is 0.0889. The number of hydrogen-bond donors (Lipinski definition) is 2. The Labute approximate surface area is 118 Å². The topological polar surface area (TPSA) is 62.5 Å². The standard InChI is InChI=1S/C16H19NO3/c1-12-7-8-14(20-12)9-10-16(19)17-11-15(18)13-5-3-2-4-6-13/h2-8,15,18H,9-11H2,1H3,(H,17,19). The van der Waals surface area contributed by atoms with Gasteiger partial charge in [-0.05, 0) is 24.6 Å². The van der Waals surface area contributed by atoms with E-state index in [2.05, 4.69) is 5.32 Å². The second kappa shape index (κ2) is 6.91. The summed E-state index contributed by atoms with van der Waals surface area (Å²) in [6.07, 6.45) is 0.251. The van der Waals surface area contributed by atoms with Crippen molar-refractivity contribution in [3.05, 3.63) is 59.5 Å². The highest BCUT2D eigenvalue weighted by Gasteiger charge is 2.09. The number of carbonyl (C=O) groups excluding carboxylic acids is 1. The molecule has 0 aliphatic carbocycles. The molecular weight excluding hydrogens is 254 g/mol. The van der Waals surface area contributed by atoms with Crippen LogP contribution >= 0.6 is 0 Å². The van der Waals surface area contributed by atoms with Crippen LogP contribution < -0.4 is 5.32 Å². The SMILES string of the molecule is Cc1ccc(CCC(=O)NCC(O)c2ccccc2)o1. The summed E-state index contributed by atoms with van der Waals surface area (Å²) in [5.74, 6) is 1.57. The molecule has 0 aliphatic rings. The molecule has 2 rings (SSSR count). The molecule has 20 heavy (non-hydrogen) atoms. The molecule has 1 unspecified atom stereocenters. The zero-order chi connectivity index (χ0) is 14.4. The van der Waals surface area contributed by atoms with Crippen LogP contribution in [-0.4, -0.2) is 17.6 Å². The smallest absolute Gasteiger partial charge is 0.220 e. The zero-order valence-electron chi connectivity index (χ0n) is 11.5. The first-order chi connectivity index (χ1) is 9.65. The molecule has 0 spiro atoms. The van der Waals surface area contributed by atoms with Gasteiger partial charge >= 0.3 is 0 Å².